The second kappa shape index (κ2) is 7.30. The number of aromatic nitrogens is 7. The molecule has 12 heteroatoms. The van der Waals surface area contributed by atoms with E-state index in [2.05, 4.69) is 30.1 Å². The summed E-state index contributed by atoms with van der Waals surface area (Å²) in [5, 5.41) is 6.77. The van der Waals surface area contributed by atoms with Gasteiger partial charge < -0.3 is 9.64 Å². The Morgan fingerprint density at radius 1 is 1.16 bits per heavy atom. The van der Waals surface area contributed by atoms with Gasteiger partial charge in [-0.1, -0.05) is 0 Å². The summed E-state index contributed by atoms with van der Waals surface area (Å²) in [4.78, 5) is 18.6. The molecule has 0 saturated carbocycles. The number of morpholine rings is 1. The van der Waals surface area contributed by atoms with Gasteiger partial charge in [-0.05, 0) is 13.0 Å². The lowest BCUT2D eigenvalue weighted by Gasteiger charge is -2.39. The van der Waals surface area contributed by atoms with Crippen molar-refractivity contribution < 1.29 is 17.9 Å². The summed E-state index contributed by atoms with van der Waals surface area (Å²) in [5.74, 6) is 0.460. The summed E-state index contributed by atoms with van der Waals surface area (Å²) in [6.45, 7) is 3.06. The Balaban J connectivity index is 1.51. The normalized spacial score (nSPS) is 19.8. The molecule has 1 saturated heterocycles. The zero-order valence-electron chi connectivity index (χ0n) is 16.3. The Kier molecular flexibility index (Phi) is 4.58. The van der Waals surface area contributed by atoms with E-state index < -0.39 is 11.9 Å². The van der Waals surface area contributed by atoms with Gasteiger partial charge in [-0.2, -0.15) is 18.3 Å². The molecule has 1 fully saturated rings. The molecule has 4 aromatic rings. The average molecular weight is 430 g/mol. The van der Waals surface area contributed by atoms with Crippen LogP contribution in [-0.2, 0) is 10.9 Å². The average Bonchev–Trinajstić information content (AvgIpc) is 3.43. The minimum atomic E-state index is -4.56. The number of aromatic amines is 1. The van der Waals surface area contributed by atoms with Gasteiger partial charge in [0.2, 0.25) is 5.95 Å². The molecule has 0 amide bonds. The monoisotopic (exact) mass is 430 g/mol. The summed E-state index contributed by atoms with van der Waals surface area (Å²) in [6.07, 6.45) is 3.80. The Labute approximate surface area is 173 Å². The lowest BCUT2D eigenvalue weighted by Crippen LogP contribution is -2.46. The maximum atomic E-state index is 13.1. The SMILES string of the molecule is CC1C(c2cn[nH]c2)OCCN1c1nccc(-c2cnc3cnc(C(F)(F)F)cn23)n1. The van der Waals surface area contributed by atoms with Crippen molar-refractivity contribution in [3.63, 3.8) is 0 Å². The smallest absolute Gasteiger partial charge is 0.369 e. The number of nitrogens with zero attached hydrogens (tertiary/aromatic N) is 7. The molecule has 4 aromatic heterocycles. The van der Waals surface area contributed by atoms with Gasteiger partial charge >= 0.3 is 6.18 Å². The van der Waals surface area contributed by atoms with E-state index in [-0.39, 0.29) is 12.1 Å². The van der Waals surface area contributed by atoms with Crippen molar-refractivity contribution in [1.29, 1.82) is 0 Å². The van der Waals surface area contributed by atoms with Crippen LogP contribution in [0.25, 0.3) is 17.0 Å². The Morgan fingerprint density at radius 3 is 2.81 bits per heavy atom. The molecule has 0 bridgehead atoms. The minimum absolute atomic E-state index is 0.0789. The number of fused-ring (bicyclic) bond motifs is 1. The van der Waals surface area contributed by atoms with Crippen molar-refractivity contribution in [2.45, 2.75) is 25.2 Å². The van der Waals surface area contributed by atoms with Gasteiger partial charge in [-0.15, -0.1) is 0 Å². The van der Waals surface area contributed by atoms with E-state index in [1.807, 2.05) is 11.8 Å². The molecule has 2 unspecified atom stereocenters. The molecule has 2 atom stereocenters. The van der Waals surface area contributed by atoms with Crippen LogP contribution in [-0.4, -0.2) is 53.7 Å². The molecule has 0 aromatic carbocycles. The second-order valence-electron chi connectivity index (χ2n) is 7.14. The Morgan fingerprint density at radius 2 is 2.03 bits per heavy atom. The van der Waals surface area contributed by atoms with Crippen LogP contribution in [0.5, 0.6) is 0 Å². The van der Waals surface area contributed by atoms with Gasteiger partial charge in [-0.3, -0.25) is 9.50 Å². The fourth-order valence-electron chi connectivity index (χ4n) is 3.71. The number of anilines is 1. The van der Waals surface area contributed by atoms with Gasteiger partial charge in [0.25, 0.3) is 0 Å². The summed E-state index contributed by atoms with van der Waals surface area (Å²) in [5.41, 5.74) is 1.08. The van der Waals surface area contributed by atoms with Crippen LogP contribution in [0.1, 0.15) is 24.3 Å². The number of ether oxygens (including phenoxy) is 1. The molecule has 31 heavy (non-hydrogen) atoms. The highest BCUT2D eigenvalue weighted by molar-refractivity contribution is 5.60. The van der Waals surface area contributed by atoms with E-state index in [1.54, 1.807) is 24.7 Å². The van der Waals surface area contributed by atoms with E-state index >= 15 is 0 Å². The number of hydrogen-bond acceptors (Lipinski definition) is 7. The molecule has 0 aliphatic carbocycles. The van der Waals surface area contributed by atoms with Crippen LogP contribution in [0.3, 0.4) is 0 Å². The molecule has 1 N–H and O–H groups in total. The molecule has 0 radical (unpaired) electrons. The molecule has 0 spiro atoms. The van der Waals surface area contributed by atoms with E-state index in [4.69, 9.17) is 4.74 Å². The third kappa shape index (κ3) is 3.48. The summed E-state index contributed by atoms with van der Waals surface area (Å²) in [7, 11) is 0. The van der Waals surface area contributed by atoms with Gasteiger partial charge in [0.15, 0.2) is 11.3 Å². The highest BCUT2D eigenvalue weighted by Crippen LogP contribution is 2.31. The Bertz CT molecular complexity index is 1210. The number of H-pyrrole nitrogens is 1. The minimum Gasteiger partial charge on any atom is -0.369 e. The predicted octanol–water partition coefficient (Wildman–Crippen LogP) is 2.89. The molecule has 1 aliphatic heterocycles. The van der Waals surface area contributed by atoms with Crippen LogP contribution in [0, 0.1) is 0 Å². The van der Waals surface area contributed by atoms with Crippen molar-refractivity contribution in [3.8, 4) is 11.4 Å². The third-order valence-corrected chi connectivity index (χ3v) is 5.26. The number of nitrogens with one attached hydrogen (secondary N) is 1. The van der Waals surface area contributed by atoms with E-state index in [0.717, 1.165) is 18.0 Å². The van der Waals surface area contributed by atoms with Crippen molar-refractivity contribution in [2.75, 3.05) is 18.1 Å². The fourth-order valence-corrected chi connectivity index (χ4v) is 3.71. The van der Waals surface area contributed by atoms with Crippen LogP contribution >= 0.6 is 0 Å². The van der Waals surface area contributed by atoms with Gasteiger partial charge in [-0.25, -0.2) is 19.9 Å². The molecule has 9 nitrogen and oxygen atoms in total. The fraction of sp³-hybridized carbons (Fsp3) is 0.316. The van der Waals surface area contributed by atoms with Crippen molar-refractivity contribution in [2.24, 2.45) is 0 Å². The quantitative estimate of drug-likeness (QED) is 0.534. The van der Waals surface area contributed by atoms with Crippen LogP contribution in [0.2, 0.25) is 0 Å². The first kappa shape index (κ1) is 19.4. The van der Waals surface area contributed by atoms with Gasteiger partial charge in [0.1, 0.15) is 6.10 Å². The molecule has 160 valence electrons. The van der Waals surface area contributed by atoms with E-state index in [1.165, 1.54) is 10.6 Å². The van der Waals surface area contributed by atoms with Crippen LogP contribution < -0.4 is 4.90 Å². The first-order valence-electron chi connectivity index (χ1n) is 9.52. The number of hydrogen-bond donors (Lipinski definition) is 1. The molecular formula is C19H17F3N8O. The number of halogens is 3. The first-order valence-corrected chi connectivity index (χ1v) is 9.52. The van der Waals surface area contributed by atoms with Crippen LogP contribution in [0.4, 0.5) is 19.1 Å². The molecular weight excluding hydrogens is 413 g/mol. The highest BCUT2D eigenvalue weighted by Gasteiger charge is 2.34. The van der Waals surface area contributed by atoms with Crippen molar-refractivity contribution in [3.05, 3.63) is 54.5 Å². The Hall–Kier alpha value is -3.54. The summed E-state index contributed by atoms with van der Waals surface area (Å²) >= 11 is 0. The summed E-state index contributed by atoms with van der Waals surface area (Å²) in [6, 6.07) is 1.56. The second-order valence-corrected chi connectivity index (χ2v) is 7.14. The maximum absolute atomic E-state index is 13.1. The lowest BCUT2D eigenvalue weighted by atomic mass is 10.0. The van der Waals surface area contributed by atoms with Crippen molar-refractivity contribution in [1.82, 2.24) is 34.5 Å². The molecule has 5 rings (SSSR count). The topological polar surface area (TPSA) is 97.1 Å². The summed E-state index contributed by atoms with van der Waals surface area (Å²) < 4.78 is 46.6. The van der Waals surface area contributed by atoms with Crippen LogP contribution in [0.15, 0.2) is 43.2 Å². The third-order valence-electron chi connectivity index (χ3n) is 5.26. The molecule has 5 heterocycles. The largest absolute Gasteiger partial charge is 0.434 e. The van der Waals surface area contributed by atoms with Crippen molar-refractivity contribution >= 4 is 11.6 Å². The molecule has 1 aliphatic rings. The zero-order valence-corrected chi connectivity index (χ0v) is 16.3. The van der Waals surface area contributed by atoms with Gasteiger partial charge in [0, 0.05) is 30.7 Å². The number of imidazole rings is 1. The lowest BCUT2D eigenvalue weighted by molar-refractivity contribution is -0.141. The number of alkyl halides is 3. The van der Waals surface area contributed by atoms with Gasteiger partial charge in [0.05, 0.1) is 42.6 Å². The standard InChI is InChI=1S/C19H17F3N8O/c1-11-17(12-6-26-27-7-12)31-5-4-29(11)18-23-3-2-13(28-18)14-8-25-16-9-24-15(10-30(14)16)19(20,21)22/h2-3,6-11,17H,4-5H2,1H3,(H,26,27). The zero-order chi connectivity index (χ0) is 21.6. The van der Waals surface area contributed by atoms with E-state index in [9.17, 15) is 13.2 Å². The van der Waals surface area contributed by atoms with E-state index in [0.29, 0.717) is 36.1 Å². The number of rotatable bonds is 3. The highest BCUT2D eigenvalue weighted by atomic mass is 19.4. The first-order chi connectivity index (χ1) is 14.9. The predicted molar refractivity (Wildman–Crippen MR) is 103 cm³/mol. The maximum Gasteiger partial charge on any atom is 0.434 e.